The molecule has 1 atom stereocenters. The molecule has 3 rings (SSSR count). The molecular weight excluding hydrogens is 262 g/mol. The highest BCUT2D eigenvalue weighted by Crippen LogP contribution is 2.23. The molecule has 110 valence electrons. The number of aromatic nitrogens is 2. The van der Waals surface area contributed by atoms with E-state index in [1.165, 1.54) is 5.56 Å². The van der Waals surface area contributed by atoms with E-state index in [1.807, 2.05) is 25.1 Å². The number of carbonyl (C=O) groups excluding carboxylic acids is 1. The fourth-order valence-corrected chi connectivity index (χ4v) is 2.97. The van der Waals surface area contributed by atoms with Gasteiger partial charge in [-0.1, -0.05) is 30.3 Å². The van der Waals surface area contributed by atoms with Crippen LogP contribution >= 0.6 is 0 Å². The van der Waals surface area contributed by atoms with E-state index < -0.39 is 0 Å². The Bertz CT molecular complexity index is 618. The number of H-pyrrole nitrogens is 1. The minimum atomic E-state index is 0.0770. The lowest BCUT2D eigenvalue weighted by Gasteiger charge is -2.20. The fraction of sp³-hybridized carbons (Fsp3) is 0.412. The zero-order chi connectivity index (χ0) is 14.7. The summed E-state index contributed by atoms with van der Waals surface area (Å²) in [6.07, 6.45) is 3.46. The van der Waals surface area contributed by atoms with E-state index in [9.17, 15) is 4.79 Å². The normalized spacial score (nSPS) is 17.3. The molecule has 0 fully saturated rings. The fourth-order valence-electron chi connectivity index (χ4n) is 2.97. The maximum atomic E-state index is 12.3. The topological polar surface area (TPSA) is 57.8 Å². The van der Waals surface area contributed by atoms with E-state index in [0.717, 1.165) is 42.9 Å². The molecule has 1 unspecified atom stereocenters. The van der Waals surface area contributed by atoms with Crippen molar-refractivity contribution in [3.05, 3.63) is 53.1 Å². The van der Waals surface area contributed by atoms with Gasteiger partial charge in [0.05, 0.1) is 5.69 Å². The highest BCUT2D eigenvalue weighted by Gasteiger charge is 2.26. The molecule has 1 aromatic carbocycles. The van der Waals surface area contributed by atoms with Crippen LogP contribution in [-0.4, -0.2) is 22.4 Å². The molecule has 0 aliphatic heterocycles. The third-order valence-electron chi connectivity index (χ3n) is 4.09. The summed E-state index contributed by atoms with van der Waals surface area (Å²) < 4.78 is 0. The van der Waals surface area contributed by atoms with Crippen molar-refractivity contribution in [1.29, 1.82) is 0 Å². The molecule has 4 nitrogen and oxygen atoms in total. The molecule has 1 amide bonds. The summed E-state index contributed by atoms with van der Waals surface area (Å²) in [5.41, 5.74) is 3.54. The molecule has 0 spiro atoms. The maximum Gasteiger partial charge on any atom is 0.223 e. The Balaban J connectivity index is 1.50. The van der Waals surface area contributed by atoms with Gasteiger partial charge >= 0.3 is 0 Å². The van der Waals surface area contributed by atoms with Crippen LogP contribution in [0.4, 0.5) is 0 Å². The standard InChI is InChI=1S/C17H21N3O/c1-12-19-15-8-7-14(11-16(15)20-12)17(21)18-10-9-13-5-3-2-4-6-13/h2-6,14H,7-11H2,1H3,(H,18,21)(H,19,20). The van der Waals surface area contributed by atoms with Gasteiger partial charge in [0.25, 0.3) is 0 Å². The molecule has 0 saturated heterocycles. The second-order valence-electron chi connectivity index (χ2n) is 5.71. The van der Waals surface area contributed by atoms with Gasteiger partial charge in [-0.2, -0.15) is 0 Å². The number of aromatic amines is 1. The minimum absolute atomic E-state index is 0.0770. The van der Waals surface area contributed by atoms with Crippen molar-refractivity contribution in [2.45, 2.75) is 32.6 Å². The largest absolute Gasteiger partial charge is 0.356 e. The molecule has 1 aromatic heterocycles. The van der Waals surface area contributed by atoms with Gasteiger partial charge in [0.1, 0.15) is 5.82 Å². The van der Waals surface area contributed by atoms with Gasteiger partial charge in [0.2, 0.25) is 5.91 Å². The number of nitrogens with one attached hydrogen (secondary N) is 2. The Morgan fingerprint density at radius 1 is 1.38 bits per heavy atom. The Labute approximate surface area is 125 Å². The van der Waals surface area contributed by atoms with E-state index in [1.54, 1.807) is 0 Å². The molecule has 21 heavy (non-hydrogen) atoms. The molecule has 1 heterocycles. The van der Waals surface area contributed by atoms with Crippen LogP contribution in [0.15, 0.2) is 30.3 Å². The quantitative estimate of drug-likeness (QED) is 0.903. The zero-order valence-electron chi connectivity index (χ0n) is 12.4. The Morgan fingerprint density at radius 2 is 2.19 bits per heavy atom. The Kier molecular flexibility index (Phi) is 4.04. The minimum Gasteiger partial charge on any atom is -0.356 e. The van der Waals surface area contributed by atoms with Gasteiger partial charge in [-0.3, -0.25) is 4.79 Å². The highest BCUT2D eigenvalue weighted by atomic mass is 16.1. The van der Waals surface area contributed by atoms with Crippen molar-refractivity contribution in [3.63, 3.8) is 0 Å². The number of benzene rings is 1. The number of nitrogens with zero attached hydrogens (tertiary/aromatic N) is 1. The van der Waals surface area contributed by atoms with Gasteiger partial charge in [-0.25, -0.2) is 4.98 Å². The third-order valence-corrected chi connectivity index (χ3v) is 4.09. The molecule has 2 N–H and O–H groups in total. The Hall–Kier alpha value is -2.10. The first kappa shape index (κ1) is 13.9. The van der Waals surface area contributed by atoms with E-state index in [-0.39, 0.29) is 11.8 Å². The van der Waals surface area contributed by atoms with Crippen LogP contribution in [0.1, 0.15) is 29.2 Å². The Morgan fingerprint density at radius 3 is 3.00 bits per heavy atom. The molecule has 1 aliphatic rings. The summed E-state index contributed by atoms with van der Waals surface area (Å²) in [7, 11) is 0. The van der Waals surface area contributed by atoms with Crippen LogP contribution < -0.4 is 5.32 Å². The second kappa shape index (κ2) is 6.12. The van der Waals surface area contributed by atoms with Crippen molar-refractivity contribution >= 4 is 5.91 Å². The second-order valence-corrected chi connectivity index (χ2v) is 5.71. The zero-order valence-corrected chi connectivity index (χ0v) is 12.4. The van der Waals surface area contributed by atoms with Crippen molar-refractivity contribution in [1.82, 2.24) is 15.3 Å². The van der Waals surface area contributed by atoms with Crippen molar-refractivity contribution in [3.8, 4) is 0 Å². The lowest BCUT2D eigenvalue weighted by Crippen LogP contribution is -2.35. The van der Waals surface area contributed by atoms with Crippen LogP contribution in [0.2, 0.25) is 0 Å². The van der Waals surface area contributed by atoms with E-state index in [0.29, 0.717) is 6.54 Å². The number of fused-ring (bicyclic) bond motifs is 1. The number of imidazole rings is 1. The van der Waals surface area contributed by atoms with E-state index in [4.69, 9.17) is 0 Å². The SMILES string of the molecule is Cc1nc2c([nH]1)CC(C(=O)NCCc1ccccc1)CC2. The summed E-state index contributed by atoms with van der Waals surface area (Å²) in [6.45, 7) is 2.67. The van der Waals surface area contributed by atoms with Gasteiger partial charge in [-0.15, -0.1) is 0 Å². The smallest absolute Gasteiger partial charge is 0.223 e. The summed E-state index contributed by atoms with van der Waals surface area (Å²) in [5, 5.41) is 3.07. The number of carbonyl (C=O) groups is 1. The van der Waals surface area contributed by atoms with Crippen LogP contribution in [-0.2, 0) is 24.1 Å². The molecule has 1 aliphatic carbocycles. The molecule has 0 radical (unpaired) electrons. The van der Waals surface area contributed by atoms with Crippen LogP contribution in [0.3, 0.4) is 0 Å². The predicted molar refractivity (Wildman–Crippen MR) is 82.0 cm³/mol. The maximum absolute atomic E-state index is 12.3. The van der Waals surface area contributed by atoms with Gasteiger partial charge in [0.15, 0.2) is 0 Å². The molecular formula is C17H21N3O. The van der Waals surface area contributed by atoms with Crippen LogP contribution in [0, 0.1) is 12.8 Å². The first-order valence-electron chi connectivity index (χ1n) is 7.58. The summed E-state index contributed by atoms with van der Waals surface area (Å²) in [4.78, 5) is 20.0. The van der Waals surface area contributed by atoms with Crippen molar-refractivity contribution in [2.24, 2.45) is 5.92 Å². The first-order valence-corrected chi connectivity index (χ1v) is 7.58. The number of aryl methyl sites for hydroxylation is 2. The average Bonchev–Trinajstić information content (AvgIpc) is 2.87. The first-order chi connectivity index (χ1) is 10.2. The number of hydrogen-bond acceptors (Lipinski definition) is 2. The molecule has 0 saturated carbocycles. The van der Waals surface area contributed by atoms with Crippen LogP contribution in [0.25, 0.3) is 0 Å². The summed E-state index contributed by atoms with van der Waals surface area (Å²) in [5.74, 6) is 1.20. The highest BCUT2D eigenvalue weighted by molar-refractivity contribution is 5.79. The monoisotopic (exact) mass is 283 g/mol. The summed E-state index contributed by atoms with van der Waals surface area (Å²) in [6, 6.07) is 10.2. The third kappa shape index (κ3) is 3.32. The predicted octanol–water partition coefficient (Wildman–Crippen LogP) is 2.18. The van der Waals surface area contributed by atoms with Gasteiger partial charge in [0, 0.05) is 24.6 Å². The van der Waals surface area contributed by atoms with Gasteiger partial charge in [-0.05, 0) is 31.7 Å². The molecule has 2 aromatic rings. The van der Waals surface area contributed by atoms with E-state index >= 15 is 0 Å². The number of rotatable bonds is 4. The lowest BCUT2D eigenvalue weighted by molar-refractivity contribution is -0.125. The average molecular weight is 283 g/mol. The lowest BCUT2D eigenvalue weighted by atomic mass is 9.89. The van der Waals surface area contributed by atoms with Gasteiger partial charge < -0.3 is 10.3 Å². The van der Waals surface area contributed by atoms with Crippen LogP contribution in [0.5, 0.6) is 0 Å². The molecule has 0 bridgehead atoms. The molecule has 4 heteroatoms. The van der Waals surface area contributed by atoms with Crippen molar-refractivity contribution in [2.75, 3.05) is 6.54 Å². The number of hydrogen-bond donors (Lipinski definition) is 2. The summed E-state index contributed by atoms with van der Waals surface area (Å²) >= 11 is 0. The van der Waals surface area contributed by atoms with E-state index in [2.05, 4.69) is 27.4 Å². The van der Waals surface area contributed by atoms with Crippen molar-refractivity contribution < 1.29 is 4.79 Å². The number of amides is 1.